The normalized spacial score (nSPS) is 12.0. The Morgan fingerprint density at radius 2 is 1.40 bits per heavy atom. The molecule has 1 amide bonds. The maximum Gasteiger partial charge on any atom is 0.341 e. The number of nitrogens with one attached hydrogen (secondary N) is 1. The Balaban J connectivity index is 1.47. The zero-order valence-electron chi connectivity index (χ0n) is 15.5. The van der Waals surface area contributed by atoms with Gasteiger partial charge in [0.2, 0.25) is 0 Å². The van der Waals surface area contributed by atoms with Gasteiger partial charge in [-0.15, -0.1) is 0 Å². The Morgan fingerprint density at radius 1 is 0.800 bits per heavy atom. The minimum absolute atomic E-state index is 0.180. The summed E-state index contributed by atoms with van der Waals surface area (Å²) in [5.41, 5.74) is 1.06. The van der Waals surface area contributed by atoms with Gasteiger partial charge in [0.1, 0.15) is 5.82 Å². The zero-order valence-corrected chi connectivity index (χ0v) is 15.5. The number of benzene rings is 3. The summed E-state index contributed by atoms with van der Waals surface area (Å²) < 4.78 is 18.4. The van der Waals surface area contributed by atoms with Crippen LogP contribution in [0.3, 0.4) is 0 Å². The maximum absolute atomic E-state index is 13.6. The molecule has 30 heavy (non-hydrogen) atoms. The van der Waals surface area contributed by atoms with Gasteiger partial charge in [0.25, 0.3) is 5.91 Å². The summed E-state index contributed by atoms with van der Waals surface area (Å²) in [7, 11) is 0. The van der Waals surface area contributed by atoms with E-state index in [1.165, 1.54) is 36.4 Å². The fourth-order valence-electron chi connectivity index (χ4n) is 3.21. The van der Waals surface area contributed by atoms with E-state index < -0.39 is 24.3 Å². The van der Waals surface area contributed by atoms with Crippen molar-refractivity contribution in [2.24, 2.45) is 0 Å². The van der Waals surface area contributed by atoms with E-state index in [1.807, 2.05) is 0 Å². The Hall–Kier alpha value is -4.13. The number of rotatable bonds is 4. The second kappa shape index (κ2) is 7.71. The average Bonchev–Trinajstić information content (AvgIpc) is 2.76. The first kappa shape index (κ1) is 19.2. The van der Waals surface area contributed by atoms with E-state index in [2.05, 4.69) is 5.32 Å². The highest BCUT2D eigenvalue weighted by molar-refractivity contribution is 6.28. The largest absolute Gasteiger partial charge is 0.452 e. The molecule has 3 aromatic carbocycles. The molecule has 6 nitrogen and oxygen atoms in total. The SMILES string of the molecule is O=C(COC(=O)c1ccccc1F)Nc1ccc2c(c1)C(=O)c1ccccc1C2=O. The Morgan fingerprint density at radius 3 is 2.10 bits per heavy atom. The van der Waals surface area contributed by atoms with Crippen molar-refractivity contribution in [3.63, 3.8) is 0 Å². The van der Waals surface area contributed by atoms with Crippen LogP contribution in [0.2, 0.25) is 0 Å². The third kappa shape index (κ3) is 3.48. The molecule has 0 aromatic heterocycles. The number of halogens is 1. The molecule has 0 unspecified atom stereocenters. The number of ketones is 2. The highest BCUT2D eigenvalue weighted by atomic mass is 19.1. The quantitative estimate of drug-likeness (QED) is 0.528. The van der Waals surface area contributed by atoms with Crippen LogP contribution in [0.1, 0.15) is 42.2 Å². The third-order valence-electron chi connectivity index (χ3n) is 4.64. The van der Waals surface area contributed by atoms with Crippen molar-refractivity contribution < 1.29 is 28.3 Å². The Labute approximate surface area is 170 Å². The van der Waals surface area contributed by atoms with Crippen LogP contribution >= 0.6 is 0 Å². The van der Waals surface area contributed by atoms with Crippen LogP contribution in [0.4, 0.5) is 10.1 Å². The Kier molecular flexibility index (Phi) is 4.93. The summed E-state index contributed by atoms with van der Waals surface area (Å²) >= 11 is 0. The average molecular weight is 403 g/mol. The smallest absolute Gasteiger partial charge is 0.341 e. The van der Waals surface area contributed by atoms with Crippen molar-refractivity contribution in [2.75, 3.05) is 11.9 Å². The predicted octanol–water partition coefficient (Wildman–Crippen LogP) is 3.40. The molecule has 0 atom stereocenters. The van der Waals surface area contributed by atoms with Gasteiger partial charge >= 0.3 is 5.97 Å². The summed E-state index contributed by atoms with van der Waals surface area (Å²) in [5.74, 6) is -2.97. The van der Waals surface area contributed by atoms with Crippen LogP contribution in [-0.4, -0.2) is 30.0 Å². The molecule has 0 spiro atoms. The van der Waals surface area contributed by atoms with E-state index in [-0.39, 0.29) is 33.9 Å². The standard InChI is InChI=1S/C23H14FNO5/c24-19-8-4-3-7-17(19)23(29)30-12-20(26)25-13-9-10-16-18(11-13)22(28)15-6-2-1-5-14(15)21(16)27/h1-11H,12H2,(H,25,26). The summed E-state index contributed by atoms with van der Waals surface area (Å²) in [6.07, 6.45) is 0. The lowest BCUT2D eigenvalue weighted by molar-refractivity contribution is -0.119. The maximum atomic E-state index is 13.6. The van der Waals surface area contributed by atoms with Crippen molar-refractivity contribution in [3.8, 4) is 0 Å². The molecule has 0 bridgehead atoms. The fourth-order valence-corrected chi connectivity index (χ4v) is 3.21. The van der Waals surface area contributed by atoms with Gasteiger partial charge in [0.15, 0.2) is 18.2 Å². The number of ether oxygens (including phenoxy) is 1. The second-order valence-electron chi connectivity index (χ2n) is 6.57. The van der Waals surface area contributed by atoms with Crippen LogP contribution in [0, 0.1) is 5.82 Å². The van der Waals surface area contributed by atoms with Crippen molar-refractivity contribution in [1.29, 1.82) is 0 Å². The number of fused-ring (bicyclic) bond motifs is 2. The first-order valence-corrected chi connectivity index (χ1v) is 8.99. The van der Waals surface area contributed by atoms with Gasteiger partial charge < -0.3 is 10.1 Å². The minimum Gasteiger partial charge on any atom is -0.452 e. The monoisotopic (exact) mass is 403 g/mol. The molecular weight excluding hydrogens is 389 g/mol. The highest BCUT2D eigenvalue weighted by Crippen LogP contribution is 2.29. The molecule has 0 aliphatic heterocycles. The summed E-state index contributed by atoms with van der Waals surface area (Å²) in [6.45, 7) is -0.639. The van der Waals surface area contributed by atoms with Gasteiger partial charge in [-0.3, -0.25) is 14.4 Å². The van der Waals surface area contributed by atoms with Crippen LogP contribution in [-0.2, 0) is 9.53 Å². The highest BCUT2D eigenvalue weighted by Gasteiger charge is 2.29. The Bertz CT molecular complexity index is 1220. The van der Waals surface area contributed by atoms with Gasteiger partial charge in [-0.1, -0.05) is 36.4 Å². The van der Waals surface area contributed by atoms with Gasteiger partial charge in [-0.25, -0.2) is 9.18 Å². The number of esters is 1. The van der Waals surface area contributed by atoms with Gasteiger partial charge in [0, 0.05) is 27.9 Å². The van der Waals surface area contributed by atoms with Crippen molar-refractivity contribution >= 4 is 29.1 Å². The zero-order chi connectivity index (χ0) is 21.3. The van der Waals surface area contributed by atoms with Crippen LogP contribution in [0.5, 0.6) is 0 Å². The lowest BCUT2D eigenvalue weighted by Gasteiger charge is -2.18. The molecule has 0 radical (unpaired) electrons. The van der Waals surface area contributed by atoms with E-state index in [0.29, 0.717) is 11.1 Å². The van der Waals surface area contributed by atoms with Crippen LogP contribution in [0.15, 0.2) is 66.7 Å². The number of hydrogen-bond acceptors (Lipinski definition) is 5. The van der Waals surface area contributed by atoms with Crippen molar-refractivity contribution in [2.45, 2.75) is 0 Å². The second-order valence-corrected chi connectivity index (χ2v) is 6.57. The van der Waals surface area contributed by atoms with E-state index >= 15 is 0 Å². The summed E-state index contributed by atoms with van der Waals surface area (Å²) in [5, 5.41) is 2.50. The summed E-state index contributed by atoms with van der Waals surface area (Å²) in [4.78, 5) is 49.3. The molecule has 1 aliphatic carbocycles. The molecule has 0 heterocycles. The molecule has 7 heteroatoms. The number of carbonyl (C=O) groups is 4. The number of carbonyl (C=O) groups excluding carboxylic acids is 4. The lowest BCUT2D eigenvalue weighted by Crippen LogP contribution is -2.23. The first-order valence-electron chi connectivity index (χ1n) is 8.99. The molecule has 1 aliphatic rings. The van der Waals surface area contributed by atoms with Gasteiger partial charge in [-0.05, 0) is 30.3 Å². The molecule has 0 fully saturated rings. The molecule has 0 saturated carbocycles. The first-order chi connectivity index (χ1) is 14.5. The molecular formula is C23H14FNO5. The van der Waals surface area contributed by atoms with Crippen molar-refractivity contribution in [1.82, 2.24) is 0 Å². The number of amides is 1. The predicted molar refractivity (Wildman–Crippen MR) is 105 cm³/mol. The molecule has 1 N–H and O–H groups in total. The summed E-state index contributed by atoms with van der Waals surface area (Å²) in [6, 6.07) is 16.1. The van der Waals surface area contributed by atoms with Crippen molar-refractivity contribution in [3.05, 3.63) is 100 Å². The van der Waals surface area contributed by atoms with E-state index in [9.17, 15) is 23.6 Å². The number of anilines is 1. The molecule has 148 valence electrons. The van der Waals surface area contributed by atoms with Gasteiger partial charge in [-0.2, -0.15) is 0 Å². The van der Waals surface area contributed by atoms with Gasteiger partial charge in [0.05, 0.1) is 5.56 Å². The lowest BCUT2D eigenvalue weighted by atomic mass is 9.84. The molecule has 0 saturated heterocycles. The number of hydrogen-bond donors (Lipinski definition) is 1. The molecule has 3 aromatic rings. The van der Waals surface area contributed by atoms with Crippen LogP contribution in [0.25, 0.3) is 0 Å². The van der Waals surface area contributed by atoms with Crippen LogP contribution < -0.4 is 5.32 Å². The van der Waals surface area contributed by atoms with E-state index in [0.717, 1.165) is 6.07 Å². The molecule has 4 rings (SSSR count). The fraction of sp³-hybridized carbons (Fsp3) is 0.0435. The van der Waals surface area contributed by atoms with E-state index in [4.69, 9.17) is 4.74 Å². The van der Waals surface area contributed by atoms with E-state index in [1.54, 1.807) is 24.3 Å². The topological polar surface area (TPSA) is 89.5 Å². The minimum atomic E-state index is -0.967. The third-order valence-corrected chi connectivity index (χ3v) is 4.64.